The van der Waals surface area contributed by atoms with Gasteiger partial charge in [-0.1, -0.05) is 6.07 Å². The molecule has 7 nitrogen and oxygen atoms in total. The van der Waals surface area contributed by atoms with Crippen molar-refractivity contribution in [2.45, 2.75) is 6.92 Å². The first-order chi connectivity index (χ1) is 10.0. The summed E-state index contributed by atoms with van der Waals surface area (Å²) in [6.45, 7) is 1.81. The van der Waals surface area contributed by atoms with Gasteiger partial charge in [-0.2, -0.15) is 0 Å². The predicted molar refractivity (Wildman–Crippen MR) is 79.6 cm³/mol. The van der Waals surface area contributed by atoms with E-state index >= 15 is 0 Å². The van der Waals surface area contributed by atoms with Gasteiger partial charge in [-0.25, -0.2) is 0 Å². The molecule has 2 N–H and O–H groups in total. The number of benzene rings is 1. The molecule has 0 saturated heterocycles. The lowest BCUT2D eigenvalue weighted by atomic mass is 10.1. The third-order valence-electron chi connectivity index (χ3n) is 2.89. The molecule has 0 aliphatic rings. The molecule has 0 saturated carbocycles. The quantitative estimate of drug-likeness (QED) is 0.665. The normalized spacial score (nSPS) is 10.0. The first kappa shape index (κ1) is 14.4. The summed E-state index contributed by atoms with van der Waals surface area (Å²) < 4.78 is 0. The maximum atomic E-state index is 12.3. The SMILES string of the molecule is CNc1c(C(=O)Nc2ccnc(C)c2)cccc1[N+](=O)[O-]. The number of amides is 1. The van der Waals surface area contributed by atoms with Crippen LogP contribution in [0.25, 0.3) is 0 Å². The van der Waals surface area contributed by atoms with Gasteiger partial charge in [0.15, 0.2) is 0 Å². The molecule has 0 radical (unpaired) electrons. The summed E-state index contributed by atoms with van der Waals surface area (Å²) in [5, 5.41) is 16.4. The zero-order valence-electron chi connectivity index (χ0n) is 11.6. The van der Waals surface area contributed by atoms with E-state index in [2.05, 4.69) is 15.6 Å². The second kappa shape index (κ2) is 6.00. The van der Waals surface area contributed by atoms with Crippen LogP contribution in [0.1, 0.15) is 16.1 Å². The van der Waals surface area contributed by atoms with Gasteiger partial charge in [-0.05, 0) is 25.1 Å². The van der Waals surface area contributed by atoms with E-state index < -0.39 is 10.8 Å². The Morgan fingerprint density at radius 2 is 2.10 bits per heavy atom. The minimum atomic E-state index is -0.529. The van der Waals surface area contributed by atoms with Crippen molar-refractivity contribution in [3.63, 3.8) is 0 Å². The summed E-state index contributed by atoms with van der Waals surface area (Å²) in [4.78, 5) is 26.8. The van der Waals surface area contributed by atoms with Gasteiger partial charge in [-0.3, -0.25) is 19.9 Å². The van der Waals surface area contributed by atoms with Gasteiger partial charge >= 0.3 is 0 Å². The number of rotatable bonds is 4. The number of anilines is 2. The van der Waals surface area contributed by atoms with Crippen LogP contribution in [0.5, 0.6) is 0 Å². The number of hydrogen-bond donors (Lipinski definition) is 2. The van der Waals surface area contributed by atoms with Gasteiger partial charge in [-0.15, -0.1) is 0 Å². The van der Waals surface area contributed by atoms with Gasteiger partial charge in [0.1, 0.15) is 5.69 Å². The Morgan fingerprint density at radius 1 is 1.33 bits per heavy atom. The summed E-state index contributed by atoms with van der Waals surface area (Å²) >= 11 is 0. The molecule has 0 aliphatic heterocycles. The number of aromatic nitrogens is 1. The van der Waals surface area contributed by atoms with Crippen molar-refractivity contribution in [3.05, 3.63) is 57.9 Å². The van der Waals surface area contributed by atoms with Crippen LogP contribution in [0.3, 0.4) is 0 Å². The number of nitrogens with zero attached hydrogens (tertiary/aromatic N) is 2. The van der Waals surface area contributed by atoms with E-state index in [4.69, 9.17) is 0 Å². The van der Waals surface area contributed by atoms with E-state index in [0.717, 1.165) is 5.69 Å². The highest BCUT2D eigenvalue weighted by molar-refractivity contribution is 6.09. The van der Waals surface area contributed by atoms with Crippen molar-refractivity contribution >= 4 is 23.0 Å². The summed E-state index contributed by atoms with van der Waals surface area (Å²) in [5.41, 5.74) is 1.60. The number of carbonyl (C=O) groups is 1. The smallest absolute Gasteiger partial charge is 0.293 e. The minimum Gasteiger partial charge on any atom is -0.382 e. The minimum absolute atomic E-state index is 0.143. The molecule has 7 heteroatoms. The fourth-order valence-electron chi connectivity index (χ4n) is 1.97. The first-order valence-electron chi connectivity index (χ1n) is 6.22. The summed E-state index contributed by atoms with van der Waals surface area (Å²) in [5.74, 6) is -0.423. The lowest BCUT2D eigenvalue weighted by Crippen LogP contribution is -2.15. The number of hydrogen-bond acceptors (Lipinski definition) is 5. The molecular weight excluding hydrogens is 272 g/mol. The van der Waals surface area contributed by atoms with Gasteiger partial charge in [0.05, 0.1) is 10.5 Å². The van der Waals surface area contributed by atoms with Gasteiger partial charge in [0, 0.05) is 30.7 Å². The summed E-state index contributed by atoms with van der Waals surface area (Å²) in [6.07, 6.45) is 1.58. The molecule has 0 spiro atoms. The van der Waals surface area contributed by atoms with Gasteiger partial charge in [0.25, 0.3) is 11.6 Å². The Kier molecular flexibility index (Phi) is 4.13. The highest BCUT2D eigenvalue weighted by Gasteiger charge is 2.20. The van der Waals surface area contributed by atoms with E-state index in [-0.39, 0.29) is 16.9 Å². The zero-order chi connectivity index (χ0) is 15.4. The number of carbonyl (C=O) groups excluding carboxylic acids is 1. The fourth-order valence-corrected chi connectivity index (χ4v) is 1.97. The number of nitro benzene ring substituents is 1. The van der Waals surface area contributed by atoms with E-state index in [1.165, 1.54) is 25.2 Å². The van der Waals surface area contributed by atoms with Crippen molar-refractivity contribution < 1.29 is 9.72 Å². The Bertz CT molecular complexity index is 700. The topological polar surface area (TPSA) is 97.2 Å². The number of nitrogens with one attached hydrogen (secondary N) is 2. The van der Waals surface area contributed by atoms with Crippen molar-refractivity contribution in [1.29, 1.82) is 0 Å². The average Bonchev–Trinajstić information content (AvgIpc) is 2.46. The van der Waals surface area contributed by atoms with Crippen molar-refractivity contribution in [1.82, 2.24) is 4.98 Å². The molecule has 0 aliphatic carbocycles. The number of nitro groups is 1. The fraction of sp³-hybridized carbons (Fsp3) is 0.143. The summed E-state index contributed by atoms with van der Waals surface area (Å²) in [7, 11) is 1.54. The molecule has 21 heavy (non-hydrogen) atoms. The Labute approximate surface area is 121 Å². The van der Waals surface area contributed by atoms with Crippen molar-refractivity contribution in [3.8, 4) is 0 Å². The average molecular weight is 286 g/mol. The van der Waals surface area contributed by atoms with Crippen LogP contribution in [0.4, 0.5) is 17.1 Å². The zero-order valence-corrected chi connectivity index (χ0v) is 11.6. The molecule has 0 fully saturated rings. The van der Waals surface area contributed by atoms with E-state index in [1.807, 2.05) is 6.92 Å². The number of para-hydroxylation sites is 1. The van der Waals surface area contributed by atoms with Crippen LogP contribution >= 0.6 is 0 Å². The lowest BCUT2D eigenvalue weighted by molar-refractivity contribution is -0.384. The van der Waals surface area contributed by atoms with Crippen LogP contribution in [-0.2, 0) is 0 Å². The predicted octanol–water partition coefficient (Wildman–Crippen LogP) is 2.59. The number of pyridine rings is 1. The Morgan fingerprint density at radius 3 is 2.71 bits per heavy atom. The molecule has 1 heterocycles. The van der Waals surface area contributed by atoms with Crippen molar-refractivity contribution in [2.24, 2.45) is 0 Å². The van der Waals surface area contributed by atoms with Gasteiger partial charge in [0.2, 0.25) is 0 Å². The van der Waals surface area contributed by atoms with Crippen LogP contribution in [-0.4, -0.2) is 22.9 Å². The van der Waals surface area contributed by atoms with Crippen LogP contribution in [0.2, 0.25) is 0 Å². The monoisotopic (exact) mass is 286 g/mol. The Hall–Kier alpha value is -2.96. The van der Waals surface area contributed by atoms with E-state index in [9.17, 15) is 14.9 Å². The third-order valence-corrected chi connectivity index (χ3v) is 2.89. The molecule has 108 valence electrons. The Balaban J connectivity index is 2.35. The molecule has 0 bridgehead atoms. The molecular formula is C14H14N4O3. The highest BCUT2D eigenvalue weighted by Crippen LogP contribution is 2.28. The number of aryl methyl sites for hydroxylation is 1. The maximum absolute atomic E-state index is 12.3. The second-order valence-electron chi connectivity index (χ2n) is 4.35. The van der Waals surface area contributed by atoms with Crippen LogP contribution in [0, 0.1) is 17.0 Å². The molecule has 0 atom stereocenters. The summed E-state index contributed by atoms with van der Waals surface area (Å²) in [6, 6.07) is 7.72. The maximum Gasteiger partial charge on any atom is 0.293 e. The van der Waals surface area contributed by atoms with Crippen molar-refractivity contribution in [2.75, 3.05) is 17.7 Å². The largest absolute Gasteiger partial charge is 0.382 e. The molecule has 1 aromatic heterocycles. The third kappa shape index (κ3) is 3.14. The first-order valence-corrected chi connectivity index (χ1v) is 6.22. The van der Waals surface area contributed by atoms with E-state index in [0.29, 0.717) is 5.69 Å². The lowest BCUT2D eigenvalue weighted by Gasteiger charge is -2.10. The second-order valence-corrected chi connectivity index (χ2v) is 4.35. The standard InChI is InChI=1S/C14H14N4O3/c1-9-8-10(6-7-16-9)17-14(19)11-4-3-5-12(18(20)21)13(11)15-2/h3-8,15H,1-2H3,(H,16,17,19). The van der Waals surface area contributed by atoms with Gasteiger partial charge < -0.3 is 10.6 Å². The highest BCUT2D eigenvalue weighted by atomic mass is 16.6. The van der Waals surface area contributed by atoms with Crippen LogP contribution < -0.4 is 10.6 Å². The molecule has 1 aromatic carbocycles. The molecule has 2 aromatic rings. The molecule has 0 unspecified atom stereocenters. The molecule has 1 amide bonds. The van der Waals surface area contributed by atoms with E-state index in [1.54, 1.807) is 18.3 Å². The van der Waals surface area contributed by atoms with Crippen LogP contribution in [0.15, 0.2) is 36.5 Å². The molecule has 2 rings (SSSR count).